The number of nitrogens with one attached hydrogen (secondary N) is 1. The van der Waals surface area contributed by atoms with E-state index >= 15 is 0 Å². The van der Waals surface area contributed by atoms with Gasteiger partial charge in [-0.25, -0.2) is 4.79 Å². The molecule has 0 spiro atoms. The maximum absolute atomic E-state index is 13.1. The molecule has 0 aromatic heterocycles. The number of fused-ring (bicyclic) bond motifs is 3. The zero-order valence-electron chi connectivity index (χ0n) is 19.3. The lowest BCUT2D eigenvalue weighted by molar-refractivity contribution is -0.385. The van der Waals surface area contributed by atoms with Crippen LogP contribution in [0.25, 0.3) is 11.1 Å². The van der Waals surface area contributed by atoms with Crippen molar-refractivity contribution >= 4 is 11.8 Å². The molecule has 0 bridgehead atoms. The molecular weight excluding hydrogens is 493 g/mol. The molecule has 3 N–H and O–H groups in total. The van der Waals surface area contributed by atoms with Crippen LogP contribution < -0.4 is 5.32 Å². The number of nitro benzene ring substituents is 1. The van der Waals surface area contributed by atoms with E-state index in [9.17, 15) is 38.3 Å². The standard InChI is InChI=1S/C26H23F3N2O6/c27-26(28,29)16-11-15(12-17(13-16)31(35)36)24(33)23(32)9-10-30-25(34)37-14-22-20-7-3-1-5-18(20)19-6-2-4-8-21(19)22/h1-8,11-13,22-24,32-33H,9-10,14H2,(H,30,34). The van der Waals surface area contributed by atoms with Crippen LogP contribution in [0.4, 0.5) is 23.7 Å². The first-order valence-electron chi connectivity index (χ1n) is 11.4. The summed E-state index contributed by atoms with van der Waals surface area (Å²) in [6.07, 6.45) is -9.33. The number of ether oxygens (including phenoxy) is 1. The summed E-state index contributed by atoms with van der Waals surface area (Å²) in [5.41, 5.74) is 1.55. The Morgan fingerprint density at radius 3 is 2.19 bits per heavy atom. The van der Waals surface area contributed by atoms with Crippen LogP contribution in [-0.4, -0.2) is 40.5 Å². The highest BCUT2D eigenvalue weighted by Crippen LogP contribution is 2.44. The van der Waals surface area contributed by atoms with Crippen LogP contribution in [0.2, 0.25) is 0 Å². The molecule has 8 nitrogen and oxygen atoms in total. The third-order valence-electron chi connectivity index (χ3n) is 6.24. The van der Waals surface area contributed by atoms with Crippen LogP contribution in [0.1, 0.15) is 40.7 Å². The number of carbonyl (C=O) groups is 1. The van der Waals surface area contributed by atoms with Gasteiger partial charge >= 0.3 is 12.3 Å². The number of hydrogen-bond donors (Lipinski definition) is 3. The Labute approximate surface area is 209 Å². The van der Waals surface area contributed by atoms with Crippen molar-refractivity contribution in [1.29, 1.82) is 0 Å². The second kappa shape index (κ2) is 10.6. The van der Waals surface area contributed by atoms with Crippen LogP contribution in [0.5, 0.6) is 0 Å². The highest BCUT2D eigenvalue weighted by atomic mass is 19.4. The fraction of sp³-hybridized carbons (Fsp3) is 0.269. The van der Waals surface area contributed by atoms with Crippen LogP contribution in [-0.2, 0) is 10.9 Å². The maximum atomic E-state index is 13.1. The number of alkyl carbamates (subject to hydrolysis) is 1. The predicted octanol–water partition coefficient (Wildman–Crippen LogP) is 4.94. The van der Waals surface area contributed by atoms with Crippen molar-refractivity contribution in [3.63, 3.8) is 0 Å². The van der Waals surface area contributed by atoms with Gasteiger partial charge in [0.05, 0.1) is 16.6 Å². The second-order valence-electron chi connectivity index (χ2n) is 8.62. The van der Waals surface area contributed by atoms with Gasteiger partial charge in [0.2, 0.25) is 0 Å². The molecule has 2 atom stereocenters. The Morgan fingerprint density at radius 2 is 1.62 bits per heavy atom. The Bertz CT molecular complexity index is 1270. The first-order chi connectivity index (χ1) is 17.6. The lowest BCUT2D eigenvalue weighted by Gasteiger charge is -2.20. The molecule has 0 saturated carbocycles. The molecule has 11 heteroatoms. The average molecular weight is 516 g/mol. The fourth-order valence-corrected chi connectivity index (χ4v) is 4.43. The molecule has 37 heavy (non-hydrogen) atoms. The van der Waals surface area contributed by atoms with Gasteiger partial charge < -0.3 is 20.3 Å². The van der Waals surface area contributed by atoms with Crippen molar-refractivity contribution in [3.8, 4) is 11.1 Å². The first kappa shape index (κ1) is 26.1. The van der Waals surface area contributed by atoms with Gasteiger partial charge in [0, 0.05) is 24.6 Å². The van der Waals surface area contributed by atoms with Crippen molar-refractivity contribution < 1.29 is 37.8 Å². The number of amides is 1. The number of carbonyl (C=O) groups excluding carboxylic acids is 1. The molecule has 3 aromatic carbocycles. The van der Waals surface area contributed by atoms with E-state index in [0.717, 1.165) is 28.3 Å². The minimum atomic E-state index is -4.88. The largest absolute Gasteiger partial charge is 0.449 e. The van der Waals surface area contributed by atoms with E-state index in [-0.39, 0.29) is 25.5 Å². The molecule has 1 aliphatic carbocycles. The number of benzene rings is 3. The third-order valence-corrected chi connectivity index (χ3v) is 6.24. The normalized spacial score (nSPS) is 14.4. The summed E-state index contributed by atoms with van der Waals surface area (Å²) in [5, 5.41) is 34.0. The molecule has 2 unspecified atom stereocenters. The minimum Gasteiger partial charge on any atom is -0.449 e. The SMILES string of the molecule is O=C(NCCC(O)C(O)c1cc([N+](=O)[O-])cc(C(F)(F)F)c1)OCC1c2ccccc2-c2ccccc21. The predicted molar refractivity (Wildman–Crippen MR) is 127 cm³/mol. The molecular formula is C26H23F3N2O6. The average Bonchev–Trinajstić information content (AvgIpc) is 3.19. The quantitative estimate of drug-likeness (QED) is 0.288. The molecule has 4 rings (SSSR count). The van der Waals surface area contributed by atoms with Crippen LogP contribution in [0.15, 0.2) is 66.7 Å². The molecule has 3 aromatic rings. The Hall–Kier alpha value is -3.96. The van der Waals surface area contributed by atoms with Crippen LogP contribution in [0, 0.1) is 10.1 Å². The summed E-state index contributed by atoms with van der Waals surface area (Å²) in [4.78, 5) is 22.2. The molecule has 0 radical (unpaired) electrons. The third kappa shape index (κ3) is 5.73. The molecule has 1 aliphatic rings. The lowest BCUT2D eigenvalue weighted by Crippen LogP contribution is -2.30. The summed E-state index contributed by atoms with van der Waals surface area (Å²) in [5.74, 6) is -0.151. The monoisotopic (exact) mass is 516 g/mol. The van der Waals surface area contributed by atoms with Crippen molar-refractivity contribution in [2.24, 2.45) is 0 Å². The van der Waals surface area contributed by atoms with Gasteiger partial charge in [-0.05, 0) is 40.3 Å². The number of aliphatic hydroxyl groups is 2. The summed E-state index contributed by atoms with van der Waals surface area (Å²) in [7, 11) is 0. The number of alkyl halides is 3. The molecule has 0 aliphatic heterocycles. The highest BCUT2D eigenvalue weighted by Gasteiger charge is 2.34. The summed E-state index contributed by atoms with van der Waals surface area (Å²) in [6.45, 7) is -0.0884. The Kier molecular flexibility index (Phi) is 7.46. The fourth-order valence-electron chi connectivity index (χ4n) is 4.43. The van der Waals surface area contributed by atoms with E-state index in [1.807, 2.05) is 48.5 Å². The number of aliphatic hydroxyl groups excluding tert-OH is 2. The Morgan fingerprint density at radius 1 is 1.03 bits per heavy atom. The summed E-state index contributed by atoms with van der Waals surface area (Å²) >= 11 is 0. The molecule has 1 amide bonds. The number of halogens is 3. The van der Waals surface area contributed by atoms with Gasteiger partial charge in [0.1, 0.15) is 12.7 Å². The zero-order valence-corrected chi connectivity index (χ0v) is 19.3. The van der Waals surface area contributed by atoms with E-state index in [2.05, 4.69) is 5.32 Å². The lowest BCUT2D eigenvalue weighted by atomic mass is 9.98. The summed E-state index contributed by atoms with van der Waals surface area (Å²) in [6, 6.07) is 17.3. The number of non-ortho nitro benzene ring substituents is 1. The van der Waals surface area contributed by atoms with Gasteiger partial charge in [-0.3, -0.25) is 10.1 Å². The number of hydrogen-bond acceptors (Lipinski definition) is 6. The molecule has 0 saturated heterocycles. The van der Waals surface area contributed by atoms with Gasteiger partial charge in [0.15, 0.2) is 0 Å². The molecule has 0 heterocycles. The van der Waals surface area contributed by atoms with Crippen LogP contribution in [0.3, 0.4) is 0 Å². The molecule has 194 valence electrons. The van der Waals surface area contributed by atoms with Crippen molar-refractivity contribution in [2.45, 2.75) is 30.7 Å². The minimum absolute atomic E-state index is 0.0684. The van der Waals surface area contributed by atoms with E-state index in [4.69, 9.17) is 4.74 Å². The van der Waals surface area contributed by atoms with E-state index < -0.39 is 46.2 Å². The number of nitrogens with zero attached hydrogens (tertiary/aromatic N) is 1. The smallest absolute Gasteiger partial charge is 0.416 e. The second-order valence-corrected chi connectivity index (χ2v) is 8.62. The topological polar surface area (TPSA) is 122 Å². The highest BCUT2D eigenvalue weighted by molar-refractivity contribution is 5.79. The van der Waals surface area contributed by atoms with E-state index in [1.54, 1.807) is 0 Å². The van der Waals surface area contributed by atoms with Crippen LogP contribution >= 0.6 is 0 Å². The van der Waals surface area contributed by atoms with Crippen molar-refractivity contribution in [2.75, 3.05) is 13.2 Å². The molecule has 0 fully saturated rings. The van der Waals surface area contributed by atoms with Gasteiger partial charge in [0.25, 0.3) is 5.69 Å². The number of rotatable bonds is 8. The maximum Gasteiger partial charge on any atom is 0.416 e. The first-order valence-corrected chi connectivity index (χ1v) is 11.4. The van der Waals surface area contributed by atoms with Crippen molar-refractivity contribution in [3.05, 3.63) is 99.1 Å². The van der Waals surface area contributed by atoms with E-state index in [1.165, 1.54) is 0 Å². The Balaban J connectivity index is 1.32. The van der Waals surface area contributed by atoms with E-state index in [0.29, 0.717) is 12.1 Å². The number of nitro groups is 1. The van der Waals surface area contributed by atoms with Crippen molar-refractivity contribution in [1.82, 2.24) is 5.32 Å². The summed E-state index contributed by atoms with van der Waals surface area (Å²) < 4.78 is 44.6. The van der Waals surface area contributed by atoms with Gasteiger partial charge in [-0.15, -0.1) is 0 Å². The zero-order chi connectivity index (χ0) is 26.7. The van der Waals surface area contributed by atoms with Gasteiger partial charge in [-0.1, -0.05) is 48.5 Å². The van der Waals surface area contributed by atoms with Gasteiger partial charge in [-0.2, -0.15) is 13.2 Å².